The van der Waals surface area contributed by atoms with Crippen LogP contribution in [0.1, 0.15) is 28.4 Å². The molecule has 0 radical (unpaired) electrons. The highest BCUT2D eigenvalue weighted by molar-refractivity contribution is 5.96. The summed E-state index contributed by atoms with van der Waals surface area (Å²) < 4.78 is 45.0. The molecule has 0 aliphatic carbocycles. The largest absolute Gasteiger partial charge is 0.462 e. The Kier molecular flexibility index (Phi) is 5.47. The number of H-pyrrole nitrogens is 1. The summed E-state index contributed by atoms with van der Waals surface area (Å²) in [7, 11) is 0. The molecular formula is C23H15F3N4O3. The molecule has 4 aromatic rings. The molecule has 7 nitrogen and oxygen atoms in total. The minimum Gasteiger partial charge on any atom is -0.462 e. The number of hydrogen-bond donors (Lipinski definition) is 1. The van der Waals surface area contributed by atoms with Gasteiger partial charge in [-0.25, -0.2) is 9.78 Å². The molecule has 0 atom stereocenters. The standard InChI is InChI=1S/C23H15F3N4O3/c1-2-33-21(32)18-19(15-7-9-16(10-8-15)23(24,25)26)29-22-28-17(12-30(22)20(18)31)14-5-3-13(11-27)4-6-14/h3-10,12H,2H2,1H3,(H,28,29). The van der Waals surface area contributed by atoms with Crippen LogP contribution in [0, 0.1) is 11.3 Å². The molecule has 2 heterocycles. The maximum Gasteiger partial charge on any atom is 0.416 e. The van der Waals surface area contributed by atoms with Gasteiger partial charge in [-0.05, 0) is 36.8 Å². The number of nitriles is 1. The van der Waals surface area contributed by atoms with Gasteiger partial charge in [-0.1, -0.05) is 24.3 Å². The van der Waals surface area contributed by atoms with Crippen LogP contribution in [0.5, 0.6) is 0 Å². The summed E-state index contributed by atoms with van der Waals surface area (Å²) in [6, 6.07) is 12.6. The first-order valence-electron chi connectivity index (χ1n) is 9.73. The first-order valence-corrected chi connectivity index (χ1v) is 9.73. The van der Waals surface area contributed by atoms with Crippen LogP contribution in [-0.2, 0) is 10.9 Å². The summed E-state index contributed by atoms with van der Waals surface area (Å²) in [5, 5.41) is 8.95. The van der Waals surface area contributed by atoms with E-state index >= 15 is 0 Å². The van der Waals surface area contributed by atoms with E-state index in [9.17, 15) is 22.8 Å². The van der Waals surface area contributed by atoms with Crippen molar-refractivity contribution in [2.45, 2.75) is 13.1 Å². The zero-order chi connectivity index (χ0) is 23.8. The highest BCUT2D eigenvalue weighted by atomic mass is 19.4. The number of benzene rings is 2. The van der Waals surface area contributed by atoms with E-state index in [0.29, 0.717) is 16.8 Å². The Morgan fingerprint density at radius 2 is 1.76 bits per heavy atom. The van der Waals surface area contributed by atoms with E-state index < -0.39 is 23.3 Å². The molecule has 0 saturated carbocycles. The molecule has 33 heavy (non-hydrogen) atoms. The number of imidazole rings is 1. The summed E-state index contributed by atoms with van der Waals surface area (Å²) in [6.45, 7) is 1.58. The third kappa shape index (κ3) is 4.08. The number of esters is 1. The lowest BCUT2D eigenvalue weighted by Gasteiger charge is -2.11. The van der Waals surface area contributed by atoms with Gasteiger partial charge in [0, 0.05) is 11.8 Å². The molecule has 0 fully saturated rings. The monoisotopic (exact) mass is 452 g/mol. The molecule has 0 spiro atoms. The van der Waals surface area contributed by atoms with Crippen LogP contribution in [0.4, 0.5) is 13.2 Å². The quantitative estimate of drug-likeness (QED) is 0.462. The first kappa shape index (κ1) is 21.8. The van der Waals surface area contributed by atoms with Crippen LogP contribution >= 0.6 is 0 Å². The predicted molar refractivity (Wildman–Crippen MR) is 112 cm³/mol. The van der Waals surface area contributed by atoms with Gasteiger partial charge in [0.15, 0.2) is 0 Å². The number of nitrogens with one attached hydrogen (secondary N) is 1. The van der Waals surface area contributed by atoms with Crippen molar-refractivity contribution in [3.8, 4) is 28.6 Å². The van der Waals surface area contributed by atoms with Crippen molar-refractivity contribution in [1.82, 2.24) is 14.4 Å². The number of aromatic amines is 1. The molecule has 10 heteroatoms. The Bertz CT molecular complexity index is 1440. The number of aromatic nitrogens is 3. The number of ether oxygens (including phenoxy) is 1. The molecule has 0 unspecified atom stereocenters. The zero-order valence-electron chi connectivity index (χ0n) is 17.1. The molecule has 0 amide bonds. The Labute approximate surface area is 184 Å². The number of alkyl halides is 3. The van der Waals surface area contributed by atoms with E-state index in [1.807, 2.05) is 6.07 Å². The van der Waals surface area contributed by atoms with Crippen molar-refractivity contribution in [2.24, 2.45) is 0 Å². The van der Waals surface area contributed by atoms with Crippen LogP contribution in [0.3, 0.4) is 0 Å². The van der Waals surface area contributed by atoms with Crippen LogP contribution in [0.25, 0.3) is 28.3 Å². The molecule has 4 rings (SSSR count). The molecular weight excluding hydrogens is 437 g/mol. The van der Waals surface area contributed by atoms with E-state index in [1.54, 1.807) is 31.2 Å². The van der Waals surface area contributed by atoms with Crippen LogP contribution < -0.4 is 5.56 Å². The molecule has 166 valence electrons. The number of carbonyl (C=O) groups is 1. The molecule has 0 saturated heterocycles. The third-order valence-electron chi connectivity index (χ3n) is 4.92. The minimum atomic E-state index is -4.53. The van der Waals surface area contributed by atoms with E-state index in [0.717, 1.165) is 28.7 Å². The lowest BCUT2D eigenvalue weighted by Crippen LogP contribution is -2.25. The van der Waals surface area contributed by atoms with Gasteiger partial charge in [-0.2, -0.15) is 18.4 Å². The van der Waals surface area contributed by atoms with Crippen molar-refractivity contribution in [3.63, 3.8) is 0 Å². The fourth-order valence-corrected chi connectivity index (χ4v) is 3.31. The fourth-order valence-electron chi connectivity index (χ4n) is 3.31. The third-order valence-corrected chi connectivity index (χ3v) is 4.92. The van der Waals surface area contributed by atoms with E-state index in [-0.39, 0.29) is 29.2 Å². The van der Waals surface area contributed by atoms with Crippen molar-refractivity contribution in [2.75, 3.05) is 6.61 Å². The maximum absolute atomic E-state index is 13.2. The van der Waals surface area contributed by atoms with Gasteiger partial charge in [0.1, 0.15) is 5.56 Å². The molecule has 0 bridgehead atoms. The van der Waals surface area contributed by atoms with Crippen molar-refractivity contribution >= 4 is 11.7 Å². The average Bonchev–Trinajstić information content (AvgIpc) is 3.23. The second kappa shape index (κ2) is 8.27. The average molecular weight is 452 g/mol. The van der Waals surface area contributed by atoms with E-state index in [2.05, 4.69) is 9.97 Å². The molecule has 0 aliphatic heterocycles. The highest BCUT2D eigenvalue weighted by Crippen LogP contribution is 2.31. The summed E-state index contributed by atoms with van der Waals surface area (Å²) in [6.07, 6.45) is -3.10. The number of fused-ring (bicyclic) bond motifs is 1. The van der Waals surface area contributed by atoms with Crippen molar-refractivity contribution < 1.29 is 22.7 Å². The lowest BCUT2D eigenvalue weighted by atomic mass is 10.0. The van der Waals surface area contributed by atoms with Crippen LogP contribution in [0.15, 0.2) is 59.5 Å². The van der Waals surface area contributed by atoms with E-state index in [1.165, 1.54) is 6.20 Å². The normalized spacial score (nSPS) is 11.4. The Morgan fingerprint density at radius 3 is 2.33 bits per heavy atom. The van der Waals surface area contributed by atoms with Gasteiger partial charge in [0.25, 0.3) is 5.56 Å². The first-order chi connectivity index (χ1) is 15.7. The van der Waals surface area contributed by atoms with Crippen molar-refractivity contribution in [1.29, 1.82) is 5.26 Å². The van der Waals surface area contributed by atoms with Crippen LogP contribution in [0.2, 0.25) is 0 Å². The smallest absolute Gasteiger partial charge is 0.416 e. The zero-order valence-corrected chi connectivity index (χ0v) is 17.1. The topological polar surface area (TPSA) is 100 Å². The molecule has 2 aromatic heterocycles. The van der Waals surface area contributed by atoms with Gasteiger partial charge < -0.3 is 9.72 Å². The second-order valence-electron chi connectivity index (χ2n) is 6.98. The van der Waals surface area contributed by atoms with Gasteiger partial charge in [-0.15, -0.1) is 0 Å². The summed E-state index contributed by atoms with van der Waals surface area (Å²) in [5.41, 5.74) is -0.293. The molecule has 0 aliphatic rings. The van der Waals surface area contributed by atoms with Gasteiger partial charge in [0.05, 0.1) is 35.2 Å². The predicted octanol–water partition coefficient (Wildman–Crippen LogP) is 4.42. The number of rotatable bonds is 4. The van der Waals surface area contributed by atoms with Gasteiger partial charge in [-0.3, -0.25) is 9.20 Å². The summed E-state index contributed by atoms with van der Waals surface area (Å²) in [4.78, 5) is 33.0. The molecule has 1 N–H and O–H groups in total. The van der Waals surface area contributed by atoms with Crippen LogP contribution in [-0.4, -0.2) is 26.9 Å². The number of nitrogens with zero attached hydrogens (tertiary/aromatic N) is 3. The molecule has 2 aromatic carbocycles. The second-order valence-corrected chi connectivity index (χ2v) is 6.98. The highest BCUT2D eigenvalue weighted by Gasteiger charge is 2.30. The number of carbonyl (C=O) groups excluding carboxylic acids is 1. The number of halogens is 3. The fraction of sp³-hybridized carbons (Fsp3) is 0.130. The van der Waals surface area contributed by atoms with E-state index in [4.69, 9.17) is 10.00 Å². The summed E-state index contributed by atoms with van der Waals surface area (Å²) in [5.74, 6) is -0.827. The maximum atomic E-state index is 13.2. The minimum absolute atomic E-state index is 0.00310. The number of hydrogen-bond acceptors (Lipinski definition) is 5. The van der Waals surface area contributed by atoms with Gasteiger partial charge >= 0.3 is 12.1 Å². The SMILES string of the molecule is CCOC(=O)c1c(-c2ccc(C(F)(F)F)cc2)[nH]c2nc(-c3ccc(C#N)cc3)cn2c1=O. The Morgan fingerprint density at radius 1 is 1.12 bits per heavy atom. The van der Waals surface area contributed by atoms with Gasteiger partial charge in [0.2, 0.25) is 5.78 Å². The van der Waals surface area contributed by atoms with Crippen molar-refractivity contribution in [3.05, 3.63) is 81.8 Å². The summed E-state index contributed by atoms with van der Waals surface area (Å²) >= 11 is 0. The Balaban J connectivity index is 1.91. The lowest BCUT2D eigenvalue weighted by molar-refractivity contribution is -0.137. The Hall–Kier alpha value is -4.39.